The van der Waals surface area contributed by atoms with Crippen molar-refractivity contribution >= 4 is 5.91 Å². The molecule has 37 heavy (non-hydrogen) atoms. The number of carbonyl (C=O) groups excluding carboxylic acids is 1. The van der Waals surface area contributed by atoms with E-state index >= 15 is 0 Å². The van der Waals surface area contributed by atoms with Crippen molar-refractivity contribution in [3.05, 3.63) is 59.7 Å². The first-order chi connectivity index (χ1) is 17.8. The highest BCUT2D eigenvalue weighted by Crippen LogP contribution is 2.34. The van der Waals surface area contributed by atoms with Crippen molar-refractivity contribution in [2.45, 2.75) is 57.0 Å². The van der Waals surface area contributed by atoms with Gasteiger partial charge in [-0.3, -0.25) is 4.79 Å². The normalized spacial score (nSPS) is 16.8. The zero-order chi connectivity index (χ0) is 26.3. The van der Waals surface area contributed by atoms with Crippen LogP contribution in [-0.4, -0.2) is 43.2 Å². The van der Waals surface area contributed by atoms with Gasteiger partial charge in [0.1, 0.15) is 24.7 Å². The molecule has 0 saturated heterocycles. The molecule has 7 nitrogen and oxygen atoms in total. The number of hydrogen-bond donors (Lipinski definition) is 2. The standard InChI is InChI=1S/C27H30F3NO6/c28-27(29,30)37-21-10-8-20(9-11-21)36-17-25(32)31-22(12-6-18-4-2-1-3-5-18)26(33)19-7-13-23-24(16-19)35-15-14-34-23/h4,7-11,13,16,22,26,33H,1-3,5-6,12,14-15,17H2,(H,31,32). The largest absolute Gasteiger partial charge is 0.573 e. The van der Waals surface area contributed by atoms with E-state index in [-0.39, 0.29) is 18.1 Å². The molecule has 2 N–H and O–H groups in total. The fourth-order valence-electron chi connectivity index (χ4n) is 4.39. The molecule has 0 aromatic heterocycles. The zero-order valence-corrected chi connectivity index (χ0v) is 20.3. The Bertz CT molecular complexity index is 1090. The van der Waals surface area contributed by atoms with Gasteiger partial charge < -0.3 is 29.4 Å². The number of aliphatic hydroxyl groups is 1. The maximum absolute atomic E-state index is 12.7. The lowest BCUT2D eigenvalue weighted by Crippen LogP contribution is -2.41. The topological polar surface area (TPSA) is 86.3 Å². The molecule has 0 saturated carbocycles. The number of allylic oxidation sites excluding steroid dienone is 2. The molecule has 0 spiro atoms. The van der Waals surface area contributed by atoms with Gasteiger partial charge in [-0.25, -0.2) is 0 Å². The third kappa shape index (κ3) is 8.04. The lowest BCUT2D eigenvalue weighted by Gasteiger charge is -2.27. The highest BCUT2D eigenvalue weighted by atomic mass is 19.4. The van der Waals surface area contributed by atoms with Gasteiger partial charge in [-0.2, -0.15) is 0 Å². The molecule has 2 unspecified atom stereocenters. The first-order valence-electron chi connectivity index (χ1n) is 12.3. The van der Waals surface area contributed by atoms with Crippen molar-refractivity contribution in [2.75, 3.05) is 19.8 Å². The van der Waals surface area contributed by atoms with E-state index in [9.17, 15) is 23.1 Å². The first-order valence-corrected chi connectivity index (χ1v) is 12.3. The number of alkyl halides is 3. The third-order valence-electron chi connectivity index (χ3n) is 6.22. The Kier molecular flexibility index (Phi) is 8.81. The molecular weight excluding hydrogens is 491 g/mol. The molecular formula is C27H30F3NO6. The van der Waals surface area contributed by atoms with E-state index < -0.39 is 24.4 Å². The highest BCUT2D eigenvalue weighted by Gasteiger charge is 2.31. The molecule has 1 aliphatic heterocycles. The Morgan fingerprint density at radius 2 is 1.76 bits per heavy atom. The number of carbonyl (C=O) groups is 1. The smallest absolute Gasteiger partial charge is 0.486 e. The summed E-state index contributed by atoms with van der Waals surface area (Å²) in [6.07, 6.45) is 2.07. The zero-order valence-electron chi connectivity index (χ0n) is 20.3. The van der Waals surface area contributed by atoms with Crippen LogP contribution < -0.4 is 24.3 Å². The molecule has 1 heterocycles. The summed E-state index contributed by atoms with van der Waals surface area (Å²) in [6, 6.07) is 9.39. The van der Waals surface area contributed by atoms with E-state index in [1.165, 1.54) is 24.1 Å². The van der Waals surface area contributed by atoms with Crippen LogP contribution >= 0.6 is 0 Å². The van der Waals surface area contributed by atoms with E-state index in [1.807, 2.05) is 0 Å². The Balaban J connectivity index is 1.39. The summed E-state index contributed by atoms with van der Waals surface area (Å²) in [6.45, 7) is 0.509. The predicted molar refractivity (Wildman–Crippen MR) is 129 cm³/mol. The quantitative estimate of drug-likeness (QED) is 0.417. The average molecular weight is 522 g/mol. The number of aliphatic hydroxyl groups excluding tert-OH is 1. The molecule has 2 aliphatic rings. The number of rotatable bonds is 10. The second-order valence-corrected chi connectivity index (χ2v) is 8.98. The van der Waals surface area contributed by atoms with Crippen molar-refractivity contribution in [1.29, 1.82) is 0 Å². The number of fused-ring (bicyclic) bond motifs is 1. The molecule has 1 amide bonds. The number of benzene rings is 2. The van der Waals surface area contributed by atoms with Crippen LogP contribution in [-0.2, 0) is 4.79 Å². The maximum atomic E-state index is 12.7. The Morgan fingerprint density at radius 1 is 1.03 bits per heavy atom. The van der Waals surface area contributed by atoms with Gasteiger partial charge in [-0.15, -0.1) is 13.2 Å². The fourth-order valence-corrected chi connectivity index (χ4v) is 4.39. The monoisotopic (exact) mass is 521 g/mol. The van der Waals surface area contributed by atoms with Gasteiger partial charge in [0.05, 0.1) is 12.1 Å². The van der Waals surface area contributed by atoms with Crippen molar-refractivity contribution in [3.8, 4) is 23.0 Å². The van der Waals surface area contributed by atoms with E-state index in [0.29, 0.717) is 36.7 Å². The second-order valence-electron chi connectivity index (χ2n) is 8.98. The molecule has 2 aromatic carbocycles. The summed E-state index contributed by atoms with van der Waals surface area (Å²) in [5.74, 6) is 0.513. The Hall–Kier alpha value is -3.40. The van der Waals surface area contributed by atoms with Crippen LogP contribution in [0.4, 0.5) is 13.2 Å². The molecule has 4 rings (SSSR count). The van der Waals surface area contributed by atoms with Gasteiger partial charge in [-0.05, 0) is 80.5 Å². The van der Waals surface area contributed by atoms with Gasteiger partial charge in [0, 0.05) is 0 Å². The van der Waals surface area contributed by atoms with Crippen LogP contribution in [0.3, 0.4) is 0 Å². The van der Waals surface area contributed by atoms with Crippen molar-refractivity contribution in [3.63, 3.8) is 0 Å². The SMILES string of the molecule is O=C(COc1ccc(OC(F)(F)F)cc1)NC(CCC1=CCCCC1)C(O)c1ccc2c(c1)OCCO2. The van der Waals surface area contributed by atoms with Crippen LogP contribution in [0.5, 0.6) is 23.0 Å². The number of hydrogen-bond acceptors (Lipinski definition) is 6. The number of halogens is 3. The fraction of sp³-hybridized carbons (Fsp3) is 0.444. The van der Waals surface area contributed by atoms with Crippen molar-refractivity contribution in [2.24, 2.45) is 0 Å². The van der Waals surface area contributed by atoms with Gasteiger partial charge in [0.2, 0.25) is 0 Å². The minimum Gasteiger partial charge on any atom is -0.486 e. The lowest BCUT2D eigenvalue weighted by atomic mass is 9.91. The van der Waals surface area contributed by atoms with E-state index in [2.05, 4.69) is 16.1 Å². The summed E-state index contributed by atoms with van der Waals surface area (Å²) in [5.41, 5.74) is 1.91. The predicted octanol–water partition coefficient (Wildman–Crippen LogP) is 5.23. The minimum atomic E-state index is -4.79. The van der Waals surface area contributed by atoms with Crippen LogP contribution in [0.2, 0.25) is 0 Å². The van der Waals surface area contributed by atoms with Gasteiger partial charge >= 0.3 is 6.36 Å². The first kappa shape index (κ1) is 26.7. The average Bonchev–Trinajstić information content (AvgIpc) is 2.89. The molecule has 0 bridgehead atoms. The van der Waals surface area contributed by atoms with Gasteiger partial charge in [0.25, 0.3) is 5.91 Å². The number of ether oxygens (including phenoxy) is 4. The molecule has 10 heteroatoms. The number of amides is 1. The summed E-state index contributed by atoms with van der Waals surface area (Å²) in [5, 5.41) is 14.1. The molecule has 200 valence electrons. The van der Waals surface area contributed by atoms with Crippen LogP contribution in [0, 0.1) is 0 Å². The van der Waals surface area contributed by atoms with Gasteiger partial charge in [-0.1, -0.05) is 17.7 Å². The summed E-state index contributed by atoms with van der Waals surface area (Å²) in [7, 11) is 0. The third-order valence-corrected chi connectivity index (χ3v) is 6.22. The van der Waals surface area contributed by atoms with E-state index in [0.717, 1.165) is 37.8 Å². The van der Waals surface area contributed by atoms with Crippen LogP contribution in [0.15, 0.2) is 54.1 Å². The Morgan fingerprint density at radius 3 is 2.46 bits per heavy atom. The van der Waals surface area contributed by atoms with Crippen molar-refractivity contribution in [1.82, 2.24) is 5.32 Å². The second kappa shape index (κ2) is 12.2. The van der Waals surface area contributed by atoms with Gasteiger partial charge in [0.15, 0.2) is 18.1 Å². The number of nitrogens with one attached hydrogen (secondary N) is 1. The minimum absolute atomic E-state index is 0.209. The van der Waals surface area contributed by atoms with E-state index in [1.54, 1.807) is 18.2 Å². The molecule has 0 radical (unpaired) electrons. The molecule has 1 aliphatic carbocycles. The molecule has 2 aromatic rings. The summed E-state index contributed by atoms with van der Waals surface area (Å²) in [4.78, 5) is 12.7. The highest BCUT2D eigenvalue weighted by molar-refractivity contribution is 5.78. The van der Waals surface area contributed by atoms with E-state index in [4.69, 9.17) is 14.2 Å². The summed E-state index contributed by atoms with van der Waals surface area (Å²) >= 11 is 0. The Labute approximate surface area is 213 Å². The molecule has 0 fully saturated rings. The lowest BCUT2D eigenvalue weighted by molar-refractivity contribution is -0.274. The van der Waals surface area contributed by atoms with Crippen LogP contribution in [0.25, 0.3) is 0 Å². The molecule has 2 atom stereocenters. The van der Waals surface area contributed by atoms with Crippen LogP contribution in [0.1, 0.15) is 50.2 Å². The summed E-state index contributed by atoms with van der Waals surface area (Å²) < 4.78 is 57.4. The van der Waals surface area contributed by atoms with Crippen molar-refractivity contribution < 1.29 is 42.0 Å². The maximum Gasteiger partial charge on any atom is 0.573 e.